The third-order valence-corrected chi connectivity index (χ3v) is 1.93. The maximum absolute atomic E-state index is 10.6. The zero-order chi connectivity index (χ0) is 11.3. The highest BCUT2D eigenvalue weighted by atomic mass is 35.5. The summed E-state index contributed by atoms with van der Waals surface area (Å²) < 4.78 is 5.22. The lowest BCUT2D eigenvalue weighted by molar-refractivity contribution is -0.385. The average Bonchev–Trinajstić information content (AvgIpc) is 2.18. The zero-order valence-corrected chi connectivity index (χ0v) is 8.74. The van der Waals surface area contributed by atoms with Gasteiger partial charge in [-0.05, 0) is 12.5 Å². The molecule has 1 aromatic rings. The molecule has 0 aromatic heterocycles. The van der Waals surface area contributed by atoms with Gasteiger partial charge in [0, 0.05) is 17.2 Å². The van der Waals surface area contributed by atoms with Gasteiger partial charge < -0.3 is 4.74 Å². The molecule has 0 saturated carbocycles. The van der Waals surface area contributed by atoms with Gasteiger partial charge in [0.2, 0.25) is 0 Å². The van der Waals surface area contributed by atoms with Crippen LogP contribution < -0.4 is 4.74 Å². The predicted octanol–water partition coefficient (Wildman–Crippen LogP) is 3.20. The Morgan fingerprint density at radius 1 is 1.60 bits per heavy atom. The van der Waals surface area contributed by atoms with E-state index in [9.17, 15) is 10.1 Å². The van der Waals surface area contributed by atoms with Crippen LogP contribution in [0.3, 0.4) is 0 Å². The van der Waals surface area contributed by atoms with Crippen LogP contribution in [0.2, 0.25) is 5.02 Å². The molecule has 0 heterocycles. The van der Waals surface area contributed by atoms with Crippen molar-refractivity contribution in [3.05, 3.63) is 46.0 Å². The Balaban J connectivity index is 2.86. The van der Waals surface area contributed by atoms with Crippen LogP contribution in [0.25, 0.3) is 0 Å². The Labute approximate surface area is 92.3 Å². The molecule has 0 N–H and O–H groups in total. The Hall–Kier alpha value is -1.55. The van der Waals surface area contributed by atoms with E-state index in [1.807, 2.05) is 0 Å². The summed E-state index contributed by atoms with van der Waals surface area (Å²) >= 11 is 5.71. The summed E-state index contributed by atoms with van der Waals surface area (Å²) in [5.41, 5.74) is -0.0801. The molecule has 0 aliphatic rings. The first-order valence-corrected chi connectivity index (χ1v) is 4.70. The van der Waals surface area contributed by atoms with E-state index in [1.54, 1.807) is 6.08 Å². The number of halogens is 1. The second-order valence-corrected chi connectivity index (χ2v) is 3.23. The van der Waals surface area contributed by atoms with Crippen LogP contribution in [0.4, 0.5) is 5.69 Å². The predicted molar refractivity (Wildman–Crippen MR) is 58.4 cm³/mol. The van der Waals surface area contributed by atoms with Gasteiger partial charge in [0.15, 0.2) is 5.75 Å². The van der Waals surface area contributed by atoms with Crippen molar-refractivity contribution in [2.24, 2.45) is 0 Å². The molecular weight excluding hydrogens is 218 g/mol. The lowest BCUT2D eigenvalue weighted by Crippen LogP contribution is -1.99. The summed E-state index contributed by atoms with van der Waals surface area (Å²) in [4.78, 5) is 10.1. The maximum atomic E-state index is 10.6. The topological polar surface area (TPSA) is 52.4 Å². The van der Waals surface area contributed by atoms with Crippen molar-refractivity contribution < 1.29 is 9.66 Å². The first-order valence-electron chi connectivity index (χ1n) is 4.33. The van der Waals surface area contributed by atoms with Gasteiger partial charge in [0.1, 0.15) is 0 Å². The van der Waals surface area contributed by atoms with Gasteiger partial charge in [-0.15, -0.1) is 6.58 Å². The average molecular weight is 228 g/mol. The normalized spacial score (nSPS) is 9.67. The van der Waals surface area contributed by atoms with Gasteiger partial charge in [-0.3, -0.25) is 10.1 Å². The number of benzene rings is 1. The molecule has 0 unspecified atom stereocenters. The summed E-state index contributed by atoms with van der Waals surface area (Å²) in [5.74, 6) is 0.189. The van der Waals surface area contributed by atoms with Crippen LogP contribution in [0.15, 0.2) is 30.9 Å². The Bertz CT molecular complexity index is 379. The second kappa shape index (κ2) is 5.36. The SMILES string of the molecule is C=CCCOc1cc(Cl)ccc1[N+](=O)[O-]. The number of nitro benzene ring substituents is 1. The molecule has 0 amide bonds. The third-order valence-electron chi connectivity index (χ3n) is 1.70. The molecule has 80 valence electrons. The van der Waals surface area contributed by atoms with E-state index in [1.165, 1.54) is 18.2 Å². The molecule has 0 aliphatic carbocycles. The molecule has 0 radical (unpaired) electrons. The lowest BCUT2D eigenvalue weighted by Gasteiger charge is -2.05. The van der Waals surface area contributed by atoms with E-state index in [4.69, 9.17) is 16.3 Å². The molecule has 1 aromatic carbocycles. The fraction of sp³-hybridized carbons (Fsp3) is 0.200. The van der Waals surface area contributed by atoms with Gasteiger partial charge in [-0.25, -0.2) is 0 Å². The number of nitrogens with zero attached hydrogens (tertiary/aromatic N) is 1. The Morgan fingerprint density at radius 3 is 2.93 bits per heavy atom. The van der Waals surface area contributed by atoms with E-state index >= 15 is 0 Å². The van der Waals surface area contributed by atoms with Crippen LogP contribution in [-0.2, 0) is 0 Å². The summed E-state index contributed by atoms with van der Waals surface area (Å²) in [6, 6.07) is 4.22. The molecule has 0 atom stereocenters. The molecule has 1 rings (SSSR count). The van der Waals surface area contributed by atoms with Gasteiger partial charge in [0.25, 0.3) is 0 Å². The van der Waals surface area contributed by atoms with Gasteiger partial charge in [-0.2, -0.15) is 0 Å². The molecule has 0 fully saturated rings. The molecular formula is C10H10ClNO3. The van der Waals surface area contributed by atoms with Crippen molar-refractivity contribution in [2.75, 3.05) is 6.61 Å². The molecule has 4 nitrogen and oxygen atoms in total. The minimum Gasteiger partial charge on any atom is -0.486 e. The number of nitro groups is 1. The molecule has 0 bridgehead atoms. The van der Waals surface area contributed by atoms with Crippen molar-refractivity contribution in [3.8, 4) is 5.75 Å². The van der Waals surface area contributed by atoms with Crippen LogP contribution in [0.1, 0.15) is 6.42 Å². The highest BCUT2D eigenvalue weighted by molar-refractivity contribution is 6.30. The summed E-state index contributed by atoms with van der Waals surface area (Å²) in [5, 5.41) is 11.0. The van der Waals surface area contributed by atoms with Gasteiger partial charge in [0.05, 0.1) is 11.5 Å². The van der Waals surface area contributed by atoms with Crippen LogP contribution >= 0.6 is 11.6 Å². The molecule has 5 heteroatoms. The second-order valence-electron chi connectivity index (χ2n) is 2.79. The summed E-state index contributed by atoms with van der Waals surface area (Å²) in [6.07, 6.45) is 2.31. The van der Waals surface area contributed by atoms with Crippen molar-refractivity contribution in [3.63, 3.8) is 0 Å². The monoisotopic (exact) mass is 227 g/mol. The van der Waals surface area contributed by atoms with E-state index in [2.05, 4.69) is 6.58 Å². The van der Waals surface area contributed by atoms with Crippen molar-refractivity contribution in [1.82, 2.24) is 0 Å². The highest BCUT2D eigenvalue weighted by Gasteiger charge is 2.14. The number of hydrogen-bond donors (Lipinski definition) is 0. The number of ether oxygens (including phenoxy) is 1. The minimum atomic E-state index is -0.500. The van der Waals surface area contributed by atoms with Crippen molar-refractivity contribution in [1.29, 1.82) is 0 Å². The van der Waals surface area contributed by atoms with E-state index in [0.29, 0.717) is 18.1 Å². The van der Waals surface area contributed by atoms with Crippen LogP contribution in [-0.4, -0.2) is 11.5 Å². The highest BCUT2D eigenvalue weighted by Crippen LogP contribution is 2.29. The molecule has 0 spiro atoms. The van der Waals surface area contributed by atoms with Gasteiger partial charge in [-0.1, -0.05) is 17.7 Å². The Morgan fingerprint density at radius 2 is 2.33 bits per heavy atom. The summed E-state index contributed by atoms with van der Waals surface area (Å²) in [6.45, 7) is 3.88. The van der Waals surface area contributed by atoms with Crippen LogP contribution in [0, 0.1) is 10.1 Å². The van der Waals surface area contributed by atoms with E-state index in [0.717, 1.165) is 0 Å². The quantitative estimate of drug-likeness (QED) is 0.336. The largest absolute Gasteiger partial charge is 0.486 e. The fourth-order valence-corrected chi connectivity index (χ4v) is 1.17. The van der Waals surface area contributed by atoms with E-state index < -0.39 is 4.92 Å². The number of rotatable bonds is 5. The van der Waals surface area contributed by atoms with E-state index in [-0.39, 0.29) is 11.4 Å². The molecule has 0 saturated heterocycles. The minimum absolute atomic E-state index is 0.0801. The van der Waals surface area contributed by atoms with Crippen molar-refractivity contribution >= 4 is 17.3 Å². The third kappa shape index (κ3) is 3.25. The lowest BCUT2D eigenvalue weighted by atomic mass is 10.3. The van der Waals surface area contributed by atoms with Crippen LogP contribution in [0.5, 0.6) is 5.75 Å². The zero-order valence-electron chi connectivity index (χ0n) is 7.98. The fourth-order valence-electron chi connectivity index (χ4n) is 1.01. The standard InChI is InChI=1S/C10H10ClNO3/c1-2-3-6-15-10-7-8(11)4-5-9(10)12(13)14/h2,4-5,7H,1,3,6H2. The Kier molecular flexibility index (Phi) is 4.12. The first-order chi connectivity index (χ1) is 7.15. The van der Waals surface area contributed by atoms with Gasteiger partial charge >= 0.3 is 5.69 Å². The molecule has 0 aliphatic heterocycles. The number of hydrogen-bond acceptors (Lipinski definition) is 3. The maximum Gasteiger partial charge on any atom is 0.311 e. The summed E-state index contributed by atoms with van der Waals surface area (Å²) in [7, 11) is 0. The van der Waals surface area contributed by atoms with Crippen molar-refractivity contribution in [2.45, 2.75) is 6.42 Å². The first kappa shape index (κ1) is 11.5. The smallest absolute Gasteiger partial charge is 0.311 e. The molecule has 15 heavy (non-hydrogen) atoms.